The number of amides is 1. The molecule has 3 aliphatic rings. The summed E-state index contributed by atoms with van der Waals surface area (Å²) in [4.78, 5) is 19.0. The van der Waals surface area contributed by atoms with Gasteiger partial charge in [0.05, 0.1) is 11.7 Å². The maximum Gasteiger partial charge on any atom is 0.246 e. The lowest BCUT2D eigenvalue weighted by Gasteiger charge is -2.29. The standard InChI is InChI=1S/C20H29N3O3/c1-4-25-11-19(24)21-9-15-16-10-23(12-20(16)6-5-17(15)26-20)18-8-13(2)7-14(3)22-18/h7-8,15-17H,4-6,9-12H2,1-3H3,(H,21,24)/t15-,16+,17+,20+/m0/s1. The number of rotatable bonds is 6. The molecule has 0 aromatic carbocycles. The van der Waals surface area contributed by atoms with Gasteiger partial charge in [0.25, 0.3) is 0 Å². The molecule has 2 bridgehead atoms. The first-order valence-electron chi connectivity index (χ1n) is 9.73. The zero-order chi connectivity index (χ0) is 18.3. The Hall–Kier alpha value is -1.66. The summed E-state index contributed by atoms with van der Waals surface area (Å²) in [5, 5.41) is 3.05. The Kier molecular flexibility index (Phi) is 4.65. The number of hydrogen-bond donors (Lipinski definition) is 1. The van der Waals surface area contributed by atoms with Crippen LogP contribution in [0.3, 0.4) is 0 Å². The van der Waals surface area contributed by atoms with Gasteiger partial charge in [0.2, 0.25) is 5.91 Å². The van der Waals surface area contributed by atoms with E-state index in [1.165, 1.54) is 5.56 Å². The minimum Gasteiger partial charge on any atom is -0.372 e. The lowest BCUT2D eigenvalue weighted by atomic mass is 9.73. The molecule has 1 spiro atoms. The van der Waals surface area contributed by atoms with Crippen molar-refractivity contribution in [2.75, 3.05) is 37.7 Å². The van der Waals surface area contributed by atoms with Crippen molar-refractivity contribution in [3.05, 3.63) is 23.4 Å². The molecule has 0 aliphatic carbocycles. The lowest BCUT2D eigenvalue weighted by Crippen LogP contribution is -2.42. The van der Waals surface area contributed by atoms with Crippen LogP contribution in [0.2, 0.25) is 0 Å². The Morgan fingerprint density at radius 1 is 1.46 bits per heavy atom. The summed E-state index contributed by atoms with van der Waals surface area (Å²) < 4.78 is 11.7. The monoisotopic (exact) mass is 359 g/mol. The Morgan fingerprint density at radius 2 is 2.31 bits per heavy atom. The average Bonchev–Trinajstić information content (AvgIpc) is 3.25. The van der Waals surface area contributed by atoms with E-state index >= 15 is 0 Å². The normalized spacial score (nSPS) is 32.1. The Bertz CT molecular complexity index is 675. The molecule has 3 fully saturated rings. The highest BCUT2D eigenvalue weighted by Gasteiger charge is 2.63. The van der Waals surface area contributed by atoms with E-state index in [1.807, 2.05) is 13.8 Å². The quantitative estimate of drug-likeness (QED) is 0.840. The van der Waals surface area contributed by atoms with Crippen molar-refractivity contribution in [1.82, 2.24) is 10.3 Å². The van der Waals surface area contributed by atoms with E-state index in [0.29, 0.717) is 25.0 Å². The zero-order valence-corrected chi connectivity index (χ0v) is 16.0. The number of nitrogens with zero attached hydrogens (tertiary/aromatic N) is 2. The summed E-state index contributed by atoms with van der Waals surface area (Å²) in [5.41, 5.74) is 2.24. The van der Waals surface area contributed by atoms with Crippen LogP contribution in [-0.2, 0) is 14.3 Å². The summed E-state index contributed by atoms with van der Waals surface area (Å²) in [6, 6.07) is 4.27. The van der Waals surface area contributed by atoms with E-state index in [9.17, 15) is 4.79 Å². The number of fused-ring (bicyclic) bond motifs is 1. The number of nitrogens with one attached hydrogen (secondary N) is 1. The number of carbonyl (C=O) groups is 1. The summed E-state index contributed by atoms with van der Waals surface area (Å²) in [7, 11) is 0. The van der Waals surface area contributed by atoms with Gasteiger partial charge in [0, 0.05) is 43.8 Å². The molecule has 4 heterocycles. The van der Waals surface area contributed by atoms with Gasteiger partial charge in [0.15, 0.2) is 0 Å². The number of hydrogen-bond acceptors (Lipinski definition) is 5. The molecule has 0 saturated carbocycles. The fraction of sp³-hybridized carbons (Fsp3) is 0.700. The van der Waals surface area contributed by atoms with E-state index in [4.69, 9.17) is 14.5 Å². The first-order valence-corrected chi connectivity index (χ1v) is 9.73. The van der Waals surface area contributed by atoms with Crippen LogP contribution in [0.15, 0.2) is 12.1 Å². The van der Waals surface area contributed by atoms with Crippen LogP contribution < -0.4 is 10.2 Å². The van der Waals surface area contributed by atoms with Crippen molar-refractivity contribution < 1.29 is 14.3 Å². The molecule has 1 amide bonds. The molecule has 4 atom stereocenters. The third kappa shape index (κ3) is 3.09. The fourth-order valence-electron chi connectivity index (χ4n) is 5.10. The van der Waals surface area contributed by atoms with E-state index < -0.39 is 0 Å². The first kappa shape index (κ1) is 17.7. The van der Waals surface area contributed by atoms with Crippen LogP contribution in [0.5, 0.6) is 0 Å². The molecule has 0 unspecified atom stereocenters. The number of aromatic nitrogens is 1. The third-order valence-corrected chi connectivity index (χ3v) is 6.16. The predicted octanol–water partition coefficient (Wildman–Crippen LogP) is 1.83. The van der Waals surface area contributed by atoms with E-state index in [1.54, 1.807) is 0 Å². The topological polar surface area (TPSA) is 63.7 Å². The fourth-order valence-corrected chi connectivity index (χ4v) is 5.10. The summed E-state index contributed by atoms with van der Waals surface area (Å²) in [6.45, 7) is 9.31. The predicted molar refractivity (Wildman–Crippen MR) is 99.2 cm³/mol. The van der Waals surface area contributed by atoms with Crippen molar-refractivity contribution in [2.45, 2.75) is 45.3 Å². The molecule has 4 rings (SSSR count). The van der Waals surface area contributed by atoms with Gasteiger partial charge >= 0.3 is 0 Å². The molecule has 0 radical (unpaired) electrons. The third-order valence-electron chi connectivity index (χ3n) is 6.16. The summed E-state index contributed by atoms with van der Waals surface area (Å²) >= 11 is 0. The molecular formula is C20H29N3O3. The second-order valence-corrected chi connectivity index (χ2v) is 8.00. The number of ether oxygens (including phenoxy) is 2. The molecule has 1 aromatic heterocycles. The number of aryl methyl sites for hydroxylation is 2. The van der Waals surface area contributed by atoms with Crippen LogP contribution in [0.4, 0.5) is 5.82 Å². The Morgan fingerprint density at radius 3 is 3.08 bits per heavy atom. The first-order chi connectivity index (χ1) is 12.5. The van der Waals surface area contributed by atoms with E-state index in [0.717, 1.165) is 37.4 Å². The minimum absolute atomic E-state index is 0.0329. The smallest absolute Gasteiger partial charge is 0.246 e. The number of pyridine rings is 1. The molecule has 26 heavy (non-hydrogen) atoms. The molecule has 142 valence electrons. The van der Waals surface area contributed by atoms with Crippen molar-refractivity contribution in [3.8, 4) is 0 Å². The van der Waals surface area contributed by atoms with Crippen LogP contribution in [-0.4, -0.2) is 55.4 Å². The minimum atomic E-state index is -0.0562. The summed E-state index contributed by atoms with van der Waals surface area (Å²) in [5.74, 6) is 1.86. The van der Waals surface area contributed by atoms with Crippen LogP contribution in [0.25, 0.3) is 0 Å². The van der Waals surface area contributed by atoms with Crippen LogP contribution in [0, 0.1) is 25.7 Å². The second kappa shape index (κ2) is 6.82. The zero-order valence-electron chi connectivity index (χ0n) is 16.0. The van der Waals surface area contributed by atoms with Crippen molar-refractivity contribution >= 4 is 11.7 Å². The van der Waals surface area contributed by atoms with E-state index in [2.05, 4.69) is 29.3 Å². The lowest BCUT2D eigenvalue weighted by molar-refractivity contribution is -0.125. The Balaban J connectivity index is 1.45. The van der Waals surface area contributed by atoms with Gasteiger partial charge in [0.1, 0.15) is 12.4 Å². The van der Waals surface area contributed by atoms with Gasteiger partial charge in [-0.1, -0.05) is 0 Å². The van der Waals surface area contributed by atoms with E-state index in [-0.39, 0.29) is 24.2 Å². The largest absolute Gasteiger partial charge is 0.372 e. The molecule has 3 saturated heterocycles. The molecule has 1 N–H and O–H groups in total. The molecule has 3 aliphatic heterocycles. The van der Waals surface area contributed by atoms with Crippen molar-refractivity contribution in [1.29, 1.82) is 0 Å². The highest BCUT2D eigenvalue weighted by atomic mass is 16.5. The summed E-state index contributed by atoms with van der Waals surface area (Å²) in [6.07, 6.45) is 2.49. The molecule has 6 heteroatoms. The van der Waals surface area contributed by atoms with Gasteiger partial charge in [-0.15, -0.1) is 0 Å². The maximum atomic E-state index is 11.9. The molecular weight excluding hydrogens is 330 g/mol. The van der Waals surface area contributed by atoms with Gasteiger partial charge in [-0.25, -0.2) is 4.98 Å². The van der Waals surface area contributed by atoms with Gasteiger partial charge < -0.3 is 19.7 Å². The number of anilines is 1. The SMILES string of the molecule is CCOCC(=O)NC[C@H]1[C@H]2CN(c3cc(C)cc(C)n3)C[C@]23CC[C@H]1O3. The molecule has 1 aromatic rings. The highest BCUT2D eigenvalue weighted by molar-refractivity contribution is 5.77. The number of carbonyl (C=O) groups excluding carboxylic acids is 1. The Labute approximate surface area is 155 Å². The van der Waals surface area contributed by atoms with Gasteiger partial charge in [-0.3, -0.25) is 4.79 Å². The average molecular weight is 359 g/mol. The van der Waals surface area contributed by atoms with Gasteiger partial charge in [-0.2, -0.15) is 0 Å². The van der Waals surface area contributed by atoms with Crippen molar-refractivity contribution in [3.63, 3.8) is 0 Å². The second-order valence-electron chi connectivity index (χ2n) is 8.00. The van der Waals surface area contributed by atoms with Crippen LogP contribution >= 0.6 is 0 Å². The highest BCUT2D eigenvalue weighted by Crippen LogP contribution is 2.55. The van der Waals surface area contributed by atoms with Crippen LogP contribution in [0.1, 0.15) is 31.0 Å². The van der Waals surface area contributed by atoms with Crippen molar-refractivity contribution in [2.24, 2.45) is 11.8 Å². The molecule has 6 nitrogen and oxygen atoms in total. The maximum absolute atomic E-state index is 11.9. The van der Waals surface area contributed by atoms with Gasteiger partial charge in [-0.05, 0) is 51.3 Å².